The Morgan fingerprint density at radius 2 is 0.977 bits per heavy atom. The summed E-state index contributed by atoms with van der Waals surface area (Å²) < 4.78 is 85.6. The van der Waals surface area contributed by atoms with E-state index in [1.54, 1.807) is 0 Å². The van der Waals surface area contributed by atoms with Crippen molar-refractivity contribution in [2.45, 2.75) is 0 Å². The van der Waals surface area contributed by atoms with Gasteiger partial charge in [0.05, 0.1) is 12.3 Å². The van der Waals surface area contributed by atoms with Gasteiger partial charge in [0.15, 0.2) is 0 Å². The Bertz CT molecular complexity index is 2930. The second kappa shape index (κ2) is 9.44. The third kappa shape index (κ3) is 3.72. The van der Waals surface area contributed by atoms with Crippen molar-refractivity contribution in [2.75, 3.05) is 0 Å². The zero-order valence-corrected chi connectivity index (χ0v) is 22.7. The molecule has 0 radical (unpaired) electrons. The summed E-state index contributed by atoms with van der Waals surface area (Å²) in [6.07, 6.45) is 0. The van der Waals surface area contributed by atoms with Crippen LogP contribution in [0.1, 0.15) is 12.3 Å². The van der Waals surface area contributed by atoms with Crippen LogP contribution in [0.2, 0.25) is 0 Å². The minimum absolute atomic E-state index is 0.0586. The largest absolute Gasteiger partial charge is 0.456 e. The lowest BCUT2D eigenvalue weighted by atomic mass is 9.84. The van der Waals surface area contributed by atoms with Gasteiger partial charge >= 0.3 is 0 Å². The van der Waals surface area contributed by atoms with E-state index in [9.17, 15) is 2.74 Å². The van der Waals surface area contributed by atoms with E-state index in [-0.39, 0.29) is 68.5 Å². The monoisotopic (exact) mass is 555 g/mol. The number of fused-ring (bicyclic) bond motifs is 6. The second-order valence-electron chi connectivity index (χ2n) is 10.5. The zero-order chi connectivity index (χ0) is 36.2. The Labute approximate surface area is 261 Å². The highest BCUT2D eigenvalue weighted by atomic mass is 16.3. The van der Waals surface area contributed by atoms with Crippen LogP contribution in [-0.2, 0) is 0 Å². The molecular formula is C42H26O. The fraction of sp³-hybridized carbons (Fsp3) is 0. The van der Waals surface area contributed by atoms with Gasteiger partial charge in [0.25, 0.3) is 0 Å². The first-order valence-corrected chi connectivity index (χ1v) is 14.0. The Morgan fingerprint density at radius 1 is 0.419 bits per heavy atom. The van der Waals surface area contributed by atoms with Gasteiger partial charge in [-0.1, -0.05) is 139 Å². The third-order valence-electron chi connectivity index (χ3n) is 8.16. The summed E-state index contributed by atoms with van der Waals surface area (Å²) in [5.74, 6) is 0. The minimum Gasteiger partial charge on any atom is -0.456 e. The first-order valence-electron chi connectivity index (χ1n) is 18.5. The van der Waals surface area contributed by atoms with Gasteiger partial charge in [-0.2, -0.15) is 0 Å². The predicted molar refractivity (Wildman–Crippen MR) is 183 cm³/mol. The normalized spacial score (nSPS) is 14.7. The van der Waals surface area contributed by atoms with Crippen LogP contribution in [0.25, 0.3) is 87.6 Å². The van der Waals surface area contributed by atoms with E-state index in [0.29, 0.717) is 5.56 Å². The molecule has 8 aromatic carbocycles. The number of benzene rings is 8. The molecule has 9 rings (SSSR count). The molecule has 0 N–H and O–H groups in total. The van der Waals surface area contributed by atoms with Crippen LogP contribution in [0, 0.1) is 0 Å². The van der Waals surface area contributed by atoms with Gasteiger partial charge < -0.3 is 4.42 Å². The van der Waals surface area contributed by atoms with Crippen LogP contribution in [0.15, 0.2) is 162 Å². The van der Waals surface area contributed by atoms with Crippen LogP contribution >= 0.6 is 0 Å². The third-order valence-corrected chi connectivity index (χ3v) is 8.16. The molecule has 1 heterocycles. The number of hydrogen-bond acceptors (Lipinski definition) is 1. The standard InChI is InChI=1S/C42H26O/c1-2-11-27(12-3-1)28-21-23-29(24-22-28)40-32-15-6-8-17-34(32)41(35-18-9-7-16-33(35)40)36-19-10-20-38-42(36)37-25-30-13-4-5-14-31(30)26-39(37)43-38/h1-26H/i4D,5D,10D,13D,14D,19D,20D,25D,26D. The van der Waals surface area contributed by atoms with E-state index in [4.69, 9.17) is 14.0 Å². The molecule has 200 valence electrons. The number of furan rings is 1. The maximum absolute atomic E-state index is 9.39. The molecule has 43 heavy (non-hydrogen) atoms. The van der Waals surface area contributed by atoms with Crippen molar-refractivity contribution in [1.29, 1.82) is 0 Å². The lowest BCUT2D eigenvalue weighted by molar-refractivity contribution is 0.669. The average molecular weight is 556 g/mol. The van der Waals surface area contributed by atoms with Gasteiger partial charge in [-0.25, -0.2) is 0 Å². The Hall–Kier alpha value is -5.66. The fourth-order valence-corrected chi connectivity index (χ4v) is 6.27. The van der Waals surface area contributed by atoms with Crippen molar-refractivity contribution < 1.29 is 16.8 Å². The molecule has 0 saturated carbocycles. The van der Waals surface area contributed by atoms with Gasteiger partial charge in [0.2, 0.25) is 0 Å². The molecule has 1 nitrogen and oxygen atoms in total. The summed E-state index contributed by atoms with van der Waals surface area (Å²) in [5, 5.41) is 3.25. The maximum atomic E-state index is 9.39. The molecule has 0 bridgehead atoms. The van der Waals surface area contributed by atoms with Crippen LogP contribution in [0.5, 0.6) is 0 Å². The molecular weight excluding hydrogens is 520 g/mol. The van der Waals surface area contributed by atoms with Crippen LogP contribution in [0.3, 0.4) is 0 Å². The van der Waals surface area contributed by atoms with Gasteiger partial charge in [0, 0.05) is 10.8 Å². The molecule has 0 amide bonds. The molecule has 0 fully saturated rings. The molecule has 0 saturated heterocycles. The quantitative estimate of drug-likeness (QED) is 0.198. The average Bonchev–Trinajstić information content (AvgIpc) is 3.58. The highest BCUT2D eigenvalue weighted by molar-refractivity contribution is 6.26. The molecule has 1 heteroatoms. The molecule has 0 atom stereocenters. The van der Waals surface area contributed by atoms with E-state index in [0.717, 1.165) is 43.8 Å². The molecule has 0 unspecified atom stereocenters. The summed E-state index contributed by atoms with van der Waals surface area (Å²) in [6, 6.07) is 30.5. The number of hydrogen-bond donors (Lipinski definition) is 0. The Kier molecular flexibility index (Phi) is 3.67. The SMILES string of the molecule is [2H]c1c([2H])c(-c2c3ccccc3c(-c3ccc(-c4ccccc4)cc3)c3ccccc23)c2c(oc3c([2H])c4c([2H])c([2H])c([2H])c([2H])c4c([2H])c32)c1[2H]. The van der Waals surface area contributed by atoms with Gasteiger partial charge in [-0.05, 0) is 83.8 Å². The van der Waals surface area contributed by atoms with Crippen molar-refractivity contribution in [2.24, 2.45) is 0 Å². The van der Waals surface area contributed by atoms with Crippen molar-refractivity contribution in [1.82, 2.24) is 0 Å². The van der Waals surface area contributed by atoms with Crippen molar-refractivity contribution in [3.63, 3.8) is 0 Å². The van der Waals surface area contributed by atoms with Crippen molar-refractivity contribution in [3.05, 3.63) is 158 Å². The maximum Gasteiger partial charge on any atom is 0.136 e. The van der Waals surface area contributed by atoms with E-state index in [1.165, 1.54) is 0 Å². The lowest BCUT2D eigenvalue weighted by Gasteiger charge is -2.18. The summed E-state index contributed by atoms with van der Waals surface area (Å²) in [6.45, 7) is 0. The van der Waals surface area contributed by atoms with Crippen LogP contribution < -0.4 is 0 Å². The van der Waals surface area contributed by atoms with Crippen molar-refractivity contribution >= 4 is 54.3 Å². The van der Waals surface area contributed by atoms with E-state index in [1.807, 2.05) is 66.7 Å². The summed E-state index contributed by atoms with van der Waals surface area (Å²) in [4.78, 5) is 0. The zero-order valence-electron chi connectivity index (χ0n) is 31.7. The van der Waals surface area contributed by atoms with Crippen molar-refractivity contribution in [3.8, 4) is 33.4 Å². The molecule has 0 aliphatic rings. The van der Waals surface area contributed by atoms with E-state index >= 15 is 0 Å². The van der Waals surface area contributed by atoms with E-state index < -0.39 is 24.2 Å². The molecule has 1 aromatic heterocycles. The van der Waals surface area contributed by atoms with Gasteiger partial charge in [0.1, 0.15) is 11.2 Å². The lowest BCUT2D eigenvalue weighted by Crippen LogP contribution is -1.91. The number of rotatable bonds is 3. The Morgan fingerprint density at radius 3 is 1.65 bits per heavy atom. The second-order valence-corrected chi connectivity index (χ2v) is 10.5. The topological polar surface area (TPSA) is 13.1 Å². The fourth-order valence-electron chi connectivity index (χ4n) is 6.27. The van der Waals surface area contributed by atoms with Crippen LogP contribution in [-0.4, -0.2) is 0 Å². The summed E-state index contributed by atoms with van der Waals surface area (Å²) in [7, 11) is 0. The highest BCUT2D eigenvalue weighted by Crippen LogP contribution is 2.47. The highest BCUT2D eigenvalue weighted by Gasteiger charge is 2.20. The van der Waals surface area contributed by atoms with Gasteiger partial charge in [-0.15, -0.1) is 0 Å². The summed E-state index contributed by atoms with van der Waals surface area (Å²) in [5.41, 5.74) is 4.78. The minimum atomic E-state index is -0.530. The molecule has 0 spiro atoms. The first-order chi connectivity index (χ1) is 25.1. The Balaban J connectivity index is 1.45. The smallest absolute Gasteiger partial charge is 0.136 e. The molecule has 0 aliphatic heterocycles. The first kappa shape index (κ1) is 16.7. The van der Waals surface area contributed by atoms with Gasteiger partial charge in [-0.3, -0.25) is 0 Å². The summed E-state index contributed by atoms with van der Waals surface area (Å²) >= 11 is 0. The van der Waals surface area contributed by atoms with Crippen LogP contribution in [0.4, 0.5) is 0 Å². The molecule has 9 aromatic rings. The predicted octanol–water partition coefficient (Wildman–Crippen LogP) is 12.0. The van der Waals surface area contributed by atoms with E-state index in [2.05, 4.69) is 36.4 Å². The molecule has 0 aliphatic carbocycles.